The van der Waals surface area contributed by atoms with Crippen LogP contribution in [-0.4, -0.2) is 22.0 Å². The summed E-state index contributed by atoms with van der Waals surface area (Å²) >= 11 is 2.69. The average molecular weight is 452 g/mol. The molecule has 1 N–H and O–H groups in total. The summed E-state index contributed by atoms with van der Waals surface area (Å²) in [5.41, 5.74) is 3.76. The Balaban J connectivity index is 1.50. The van der Waals surface area contributed by atoms with Gasteiger partial charge >= 0.3 is 0 Å². The number of thiazole rings is 1. The summed E-state index contributed by atoms with van der Waals surface area (Å²) in [5.74, 6) is -0.968. The molecule has 154 valence electrons. The van der Waals surface area contributed by atoms with Gasteiger partial charge in [0.05, 0.1) is 26.3 Å². The second-order valence-corrected chi connectivity index (χ2v) is 8.56. The molecule has 4 aromatic rings. The number of hydrogen-bond donors (Lipinski definition) is 1. The van der Waals surface area contributed by atoms with Gasteiger partial charge in [0.2, 0.25) is 0 Å². The van der Waals surface area contributed by atoms with Crippen LogP contribution in [0.25, 0.3) is 10.2 Å². The van der Waals surface area contributed by atoms with Crippen molar-refractivity contribution in [2.45, 2.75) is 9.24 Å². The highest BCUT2D eigenvalue weighted by Gasteiger charge is 2.17. The Morgan fingerprint density at radius 2 is 1.94 bits per heavy atom. The molecule has 0 radical (unpaired) electrons. The van der Waals surface area contributed by atoms with Crippen molar-refractivity contribution in [3.05, 3.63) is 93.8 Å². The monoisotopic (exact) mass is 452 g/mol. The number of halogens is 1. The van der Waals surface area contributed by atoms with Crippen molar-refractivity contribution >= 4 is 51.1 Å². The van der Waals surface area contributed by atoms with Crippen LogP contribution < -0.4 is 5.43 Å². The molecule has 1 heterocycles. The smallest absolute Gasteiger partial charge is 0.267 e. The predicted octanol–water partition coefficient (Wildman–Crippen LogP) is 5.26. The SMILES string of the molecule is O=C(N/N=C\c1ccc(Sc2nc3ccccc3s2)c([N+](=O)[O-])c1)c1ccc(F)cc1. The van der Waals surface area contributed by atoms with E-state index < -0.39 is 16.6 Å². The molecular weight excluding hydrogens is 439 g/mol. The molecule has 0 fully saturated rings. The van der Waals surface area contributed by atoms with Gasteiger partial charge in [0, 0.05) is 17.2 Å². The zero-order chi connectivity index (χ0) is 21.8. The molecule has 0 saturated heterocycles. The quantitative estimate of drug-likeness (QED) is 0.245. The molecular formula is C21H13FN4O3S2. The third kappa shape index (κ3) is 4.93. The summed E-state index contributed by atoms with van der Waals surface area (Å²) in [4.78, 5) is 28.0. The van der Waals surface area contributed by atoms with E-state index in [2.05, 4.69) is 15.5 Å². The fraction of sp³-hybridized carbons (Fsp3) is 0. The van der Waals surface area contributed by atoms with E-state index in [0.717, 1.165) is 10.2 Å². The zero-order valence-corrected chi connectivity index (χ0v) is 17.3. The summed E-state index contributed by atoms with van der Waals surface area (Å²) in [6, 6.07) is 17.3. The lowest BCUT2D eigenvalue weighted by atomic mass is 10.2. The standard InChI is InChI=1S/C21H13FN4O3S2/c22-15-8-6-14(7-9-15)20(27)25-23-12-13-5-10-19(17(11-13)26(28)29)31-21-24-16-3-1-2-4-18(16)30-21/h1-12H,(H,25,27)/b23-12-. The number of nitrogens with one attached hydrogen (secondary N) is 1. The number of nitrogens with zero attached hydrogens (tertiary/aromatic N) is 3. The van der Waals surface area contributed by atoms with E-state index in [-0.39, 0.29) is 11.3 Å². The van der Waals surface area contributed by atoms with Crippen molar-refractivity contribution in [2.24, 2.45) is 5.10 Å². The first-order valence-electron chi connectivity index (χ1n) is 8.90. The van der Waals surface area contributed by atoms with Crippen LogP contribution in [0, 0.1) is 15.9 Å². The lowest BCUT2D eigenvalue weighted by Crippen LogP contribution is -2.17. The topological polar surface area (TPSA) is 97.5 Å². The van der Waals surface area contributed by atoms with Crippen molar-refractivity contribution in [1.82, 2.24) is 10.4 Å². The predicted molar refractivity (Wildman–Crippen MR) is 118 cm³/mol. The number of carbonyl (C=O) groups is 1. The van der Waals surface area contributed by atoms with Crippen molar-refractivity contribution < 1.29 is 14.1 Å². The number of benzene rings is 3. The summed E-state index contributed by atoms with van der Waals surface area (Å²) in [6.07, 6.45) is 1.31. The van der Waals surface area contributed by atoms with Gasteiger partial charge in [0.1, 0.15) is 5.82 Å². The first-order valence-corrected chi connectivity index (χ1v) is 10.5. The minimum absolute atomic E-state index is 0.0851. The van der Waals surface area contributed by atoms with E-state index in [1.165, 1.54) is 59.6 Å². The summed E-state index contributed by atoms with van der Waals surface area (Å²) < 4.78 is 14.6. The zero-order valence-electron chi connectivity index (χ0n) is 15.7. The summed E-state index contributed by atoms with van der Waals surface area (Å²) in [7, 11) is 0. The van der Waals surface area contributed by atoms with Gasteiger partial charge in [-0.3, -0.25) is 14.9 Å². The molecule has 0 bridgehead atoms. The van der Waals surface area contributed by atoms with E-state index >= 15 is 0 Å². The highest BCUT2D eigenvalue weighted by molar-refractivity contribution is 8.01. The molecule has 0 aliphatic rings. The van der Waals surface area contributed by atoms with Gasteiger partial charge in [0.15, 0.2) is 4.34 Å². The van der Waals surface area contributed by atoms with E-state index in [4.69, 9.17) is 0 Å². The molecule has 1 amide bonds. The molecule has 3 aromatic carbocycles. The second kappa shape index (κ2) is 9.02. The molecule has 0 aliphatic carbocycles. The molecule has 4 rings (SSSR count). The molecule has 0 saturated carbocycles. The Labute approximate surface area is 183 Å². The number of hydrazone groups is 1. The van der Waals surface area contributed by atoms with Crippen molar-refractivity contribution in [2.75, 3.05) is 0 Å². The maximum atomic E-state index is 12.9. The average Bonchev–Trinajstić information content (AvgIpc) is 3.17. The molecule has 31 heavy (non-hydrogen) atoms. The summed E-state index contributed by atoms with van der Waals surface area (Å²) in [6.45, 7) is 0. The van der Waals surface area contributed by atoms with Gasteiger partial charge in [-0.25, -0.2) is 14.8 Å². The Bertz CT molecular complexity index is 1270. The van der Waals surface area contributed by atoms with Gasteiger partial charge in [-0.15, -0.1) is 11.3 Å². The number of nitro groups is 1. The van der Waals surface area contributed by atoms with Crippen LogP contribution in [-0.2, 0) is 0 Å². The number of aromatic nitrogens is 1. The Morgan fingerprint density at radius 1 is 1.16 bits per heavy atom. The van der Waals surface area contributed by atoms with Crippen LogP contribution in [0.1, 0.15) is 15.9 Å². The van der Waals surface area contributed by atoms with Crippen LogP contribution in [0.4, 0.5) is 10.1 Å². The highest BCUT2D eigenvalue weighted by atomic mass is 32.2. The minimum Gasteiger partial charge on any atom is -0.267 e. The minimum atomic E-state index is -0.520. The van der Waals surface area contributed by atoms with Gasteiger partial charge in [-0.05, 0) is 42.5 Å². The van der Waals surface area contributed by atoms with Crippen LogP contribution in [0.3, 0.4) is 0 Å². The van der Waals surface area contributed by atoms with E-state index in [1.54, 1.807) is 12.1 Å². The van der Waals surface area contributed by atoms with Crippen molar-refractivity contribution in [3.8, 4) is 0 Å². The summed E-state index contributed by atoms with van der Waals surface area (Å²) in [5, 5.41) is 15.4. The molecule has 1 aromatic heterocycles. The molecule has 0 unspecified atom stereocenters. The third-order valence-electron chi connectivity index (χ3n) is 4.14. The van der Waals surface area contributed by atoms with Crippen LogP contribution in [0.2, 0.25) is 0 Å². The molecule has 0 aliphatic heterocycles. The number of hydrogen-bond acceptors (Lipinski definition) is 7. The normalized spacial score (nSPS) is 11.1. The van der Waals surface area contributed by atoms with Gasteiger partial charge in [-0.2, -0.15) is 5.10 Å². The largest absolute Gasteiger partial charge is 0.283 e. The number of amides is 1. The van der Waals surface area contributed by atoms with Crippen molar-refractivity contribution in [3.63, 3.8) is 0 Å². The maximum absolute atomic E-state index is 12.9. The molecule has 10 heteroatoms. The van der Waals surface area contributed by atoms with Crippen LogP contribution in [0.5, 0.6) is 0 Å². The fourth-order valence-electron chi connectivity index (χ4n) is 2.66. The molecule has 7 nitrogen and oxygen atoms in total. The lowest BCUT2D eigenvalue weighted by molar-refractivity contribution is -0.387. The van der Waals surface area contributed by atoms with E-state index in [0.29, 0.717) is 14.8 Å². The number of para-hydroxylation sites is 1. The molecule has 0 atom stereocenters. The Morgan fingerprint density at radius 3 is 2.68 bits per heavy atom. The van der Waals surface area contributed by atoms with Gasteiger partial charge < -0.3 is 0 Å². The van der Waals surface area contributed by atoms with Crippen LogP contribution in [0.15, 0.2) is 81.1 Å². The number of nitro benzene ring substituents is 1. The van der Waals surface area contributed by atoms with E-state index in [1.807, 2.05) is 24.3 Å². The number of rotatable bonds is 6. The first-order chi connectivity index (χ1) is 15.0. The Hall–Kier alpha value is -3.63. The first kappa shape index (κ1) is 20.6. The van der Waals surface area contributed by atoms with Crippen molar-refractivity contribution in [1.29, 1.82) is 0 Å². The second-order valence-electron chi connectivity index (χ2n) is 6.24. The maximum Gasteiger partial charge on any atom is 0.283 e. The van der Waals surface area contributed by atoms with Crippen LogP contribution >= 0.6 is 23.1 Å². The van der Waals surface area contributed by atoms with Gasteiger partial charge in [-0.1, -0.05) is 30.0 Å². The lowest BCUT2D eigenvalue weighted by Gasteiger charge is -2.02. The number of fused-ring (bicyclic) bond motifs is 1. The number of carbonyl (C=O) groups excluding carboxylic acids is 1. The fourth-order valence-corrected chi connectivity index (χ4v) is 4.77. The highest BCUT2D eigenvalue weighted by Crippen LogP contribution is 2.38. The van der Waals surface area contributed by atoms with Gasteiger partial charge in [0.25, 0.3) is 11.6 Å². The van der Waals surface area contributed by atoms with E-state index in [9.17, 15) is 19.3 Å². The molecule has 0 spiro atoms. The third-order valence-corrected chi connectivity index (χ3v) is 6.30. The Kier molecular flexibility index (Phi) is 6.01.